The Kier molecular flexibility index (Phi) is 26.4. The first kappa shape index (κ1) is 38.1. The van der Waals surface area contributed by atoms with Gasteiger partial charge in [-0.2, -0.15) is 0 Å². The lowest BCUT2D eigenvalue weighted by Gasteiger charge is -2.05. The van der Waals surface area contributed by atoms with Gasteiger partial charge in [0.15, 0.2) is 11.5 Å². The summed E-state index contributed by atoms with van der Waals surface area (Å²) in [6.45, 7) is 4.56. The Bertz CT molecular complexity index is 816. The van der Waals surface area contributed by atoms with Crippen molar-refractivity contribution in [2.24, 2.45) is 0 Å². The fourth-order valence-electron chi connectivity index (χ4n) is 5.71. The average molecular weight is 581 g/mol. The number of hydrogen-bond acceptors (Lipinski definition) is 2. The molecule has 42 heavy (non-hydrogen) atoms. The van der Waals surface area contributed by atoms with E-state index in [9.17, 15) is 10.2 Å². The number of rotatable bonds is 26. The van der Waals surface area contributed by atoms with Crippen LogP contribution in [-0.4, -0.2) is 10.2 Å². The minimum absolute atomic E-state index is 0.000932. The number of benzene rings is 2. The molecule has 2 nitrogen and oxygen atoms in total. The summed E-state index contributed by atoms with van der Waals surface area (Å²) in [6, 6.07) is 16.0. The van der Waals surface area contributed by atoms with Crippen LogP contribution in [0.25, 0.3) is 0 Å². The van der Waals surface area contributed by atoms with Gasteiger partial charge >= 0.3 is 0 Å². The van der Waals surface area contributed by atoms with Crippen molar-refractivity contribution in [3.63, 3.8) is 0 Å². The maximum absolute atomic E-state index is 9.49. The second-order valence-corrected chi connectivity index (χ2v) is 12.6. The van der Waals surface area contributed by atoms with Crippen molar-refractivity contribution < 1.29 is 10.2 Å². The summed E-state index contributed by atoms with van der Waals surface area (Å²) >= 11 is 0. The molecule has 0 amide bonds. The third-order valence-corrected chi connectivity index (χ3v) is 8.52. The first-order chi connectivity index (χ1) is 20.7. The van der Waals surface area contributed by atoms with Crippen molar-refractivity contribution in [3.8, 4) is 11.5 Å². The average Bonchev–Trinajstić information content (AvgIpc) is 3.01. The highest BCUT2D eigenvalue weighted by Crippen LogP contribution is 2.25. The van der Waals surface area contributed by atoms with Crippen LogP contribution in [0.4, 0.5) is 0 Å². The van der Waals surface area contributed by atoms with Crippen LogP contribution in [0.2, 0.25) is 0 Å². The lowest BCUT2D eigenvalue weighted by molar-refractivity contribution is 0.403. The molecule has 0 aliphatic heterocycles. The van der Waals surface area contributed by atoms with Crippen molar-refractivity contribution in [3.05, 3.63) is 59.7 Å². The van der Waals surface area contributed by atoms with Crippen molar-refractivity contribution in [2.75, 3.05) is 0 Å². The van der Waals surface area contributed by atoms with E-state index < -0.39 is 0 Å². The second-order valence-electron chi connectivity index (χ2n) is 12.6. The third-order valence-electron chi connectivity index (χ3n) is 8.52. The molecule has 240 valence electrons. The van der Waals surface area contributed by atoms with Crippen molar-refractivity contribution in [1.82, 2.24) is 0 Å². The Morgan fingerprint density at radius 3 is 1.10 bits per heavy atom. The Morgan fingerprint density at radius 1 is 0.357 bits per heavy atom. The van der Waals surface area contributed by atoms with Crippen LogP contribution in [-0.2, 0) is 12.8 Å². The van der Waals surface area contributed by atoms with Crippen molar-refractivity contribution in [1.29, 1.82) is 0 Å². The summed E-state index contributed by atoms with van der Waals surface area (Å²) < 4.78 is 0. The predicted octanol–water partition coefficient (Wildman–Crippen LogP) is 13.3. The van der Waals surface area contributed by atoms with Crippen LogP contribution in [0.1, 0.15) is 179 Å². The number of phenolic OH excluding ortho intramolecular Hbond substituents is 2. The molecule has 2 rings (SSSR count). The van der Waals surface area contributed by atoms with Gasteiger partial charge in [-0.15, -0.1) is 0 Å². The molecule has 0 bridgehead atoms. The minimum atomic E-state index is -0.0271. The third kappa shape index (κ3) is 23.6. The molecule has 0 saturated carbocycles. The van der Waals surface area contributed by atoms with E-state index in [2.05, 4.69) is 44.2 Å². The molecule has 0 atom stereocenters. The van der Waals surface area contributed by atoms with Crippen LogP contribution >= 0.6 is 0 Å². The molecule has 0 saturated heterocycles. The van der Waals surface area contributed by atoms with E-state index in [0.717, 1.165) is 12.0 Å². The Balaban J connectivity index is 0.000000470. The van der Waals surface area contributed by atoms with E-state index in [1.54, 1.807) is 12.1 Å². The molecule has 2 aromatic rings. The first-order valence-electron chi connectivity index (χ1n) is 18.2. The van der Waals surface area contributed by atoms with Gasteiger partial charge in [0.1, 0.15) is 0 Å². The molecule has 0 fully saturated rings. The number of aryl methyl sites for hydroxylation is 2. The highest BCUT2D eigenvalue weighted by atomic mass is 16.3. The number of phenols is 2. The van der Waals surface area contributed by atoms with E-state index in [0.29, 0.717) is 0 Å². The van der Waals surface area contributed by atoms with E-state index in [1.165, 1.54) is 166 Å². The van der Waals surface area contributed by atoms with E-state index in [1.807, 2.05) is 6.07 Å². The standard InChI is InChI=1S/C24H42O2.C16H26/c1-2-3-4-5-6-7-8-9-10-11-12-13-14-15-16-17-18-22-19-20-23(25)24(26)21-22;1-2-3-4-5-6-7-8-10-13-16-14-11-9-12-15-16/h19-21,25-26H,2-18H2,1H3;9,11-12,14-15H,2-8,10,13H2,1H3. The second kappa shape index (κ2) is 29.1. The Hall–Kier alpha value is -1.96. The van der Waals surface area contributed by atoms with Crippen molar-refractivity contribution >= 4 is 0 Å². The summed E-state index contributed by atoms with van der Waals surface area (Å²) in [6.07, 6.45) is 35.7. The number of aromatic hydroxyl groups is 2. The lowest BCUT2D eigenvalue weighted by Crippen LogP contribution is -1.87. The van der Waals surface area contributed by atoms with Gasteiger partial charge in [-0.05, 0) is 48.9 Å². The van der Waals surface area contributed by atoms with Crippen LogP contribution < -0.4 is 0 Å². The molecule has 2 aromatic carbocycles. The summed E-state index contributed by atoms with van der Waals surface area (Å²) in [5.41, 5.74) is 2.61. The SMILES string of the molecule is CCCCCCCCCCCCCCCCCCc1ccc(O)c(O)c1.CCCCCCCCCCc1ccccc1. The normalized spacial score (nSPS) is 10.9. The summed E-state index contributed by atoms with van der Waals surface area (Å²) in [5.74, 6) is -0.0280. The quantitative estimate of drug-likeness (QED) is 0.0858. The highest BCUT2D eigenvalue weighted by Gasteiger charge is 2.01. The smallest absolute Gasteiger partial charge is 0.157 e. The van der Waals surface area contributed by atoms with Gasteiger partial charge in [-0.3, -0.25) is 0 Å². The fraction of sp³-hybridized carbons (Fsp3) is 0.700. The largest absolute Gasteiger partial charge is 0.504 e. The molecule has 0 radical (unpaired) electrons. The van der Waals surface area contributed by atoms with E-state index in [4.69, 9.17) is 0 Å². The van der Waals surface area contributed by atoms with Crippen LogP contribution in [0.3, 0.4) is 0 Å². The van der Waals surface area contributed by atoms with Gasteiger partial charge < -0.3 is 10.2 Å². The molecule has 0 aliphatic rings. The first-order valence-corrected chi connectivity index (χ1v) is 18.2. The lowest BCUT2D eigenvalue weighted by atomic mass is 10.0. The molecule has 0 aliphatic carbocycles. The van der Waals surface area contributed by atoms with Crippen LogP contribution in [0, 0.1) is 0 Å². The maximum atomic E-state index is 9.49. The highest BCUT2D eigenvalue weighted by molar-refractivity contribution is 5.40. The minimum Gasteiger partial charge on any atom is -0.504 e. The Labute approximate surface area is 261 Å². The van der Waals surface area contributed by atoms with Gasteiger partial charge in [-0.1, -0.05) is 192 Å². The topological polar surface area (TPSA) is 40.5 Å². The van der Waals surface area contributed by atoms with Crippen LogP contribution in [0.15, 0.2) is 48.5 Å². The van der Waals surface area contributed by atoms with Gasteiger partial charge in [0.25, 0.3) is 0 Å². The fourth-order valence-corrected chi connectivity index (χ4v) is 5.71. The number of unbranched alkanes of at least 4 members (excludes halogenated alkanes) is 22. The summed E-state index contributed by atoms with van der Waals surface area (Å²) in [7, 11) is 0. The number of hydrogen-bond donors (Lipinski definition) is 2. The zero-order valence-electron chi connectivity index (χ0n) is 27.9. The molecule has 2 heteroatoms. The summed E-state index contributed by atoms with van der Waals surface area (Å²) in [4.78, 5) is 0. The molecular weight excluding hydrogens is 512 g/mol. The zero-order chi connectivity index (χ0) is 30.4. The monoisotopic (exact) mass is 581 g/mol. The van der Waals surface area contributed by atoms with Crippen LogP contribution in [0.5, 0.6) is 11.5 Å². The molecule has 0 unspecified atom stereocenters. The predicted molar refractivity (Wildman–Crippen MR) is 186 cm³/mol. The van der Waals surface area contributed by atoms with Gasteiger partial charge in [-0.25, -0.2) is 0 Å². The molecule has 0 aromatic heterocycles. The van der Waals surface area contributed by atoms with Crippen molar-refractivity contribution in [2.45, 2.75) is 181 Å². The van der Waals surface area contributed by atoms with Gasteiger partial charge in [0, 0.05) is 0 Å². The zero-order valence-corrected chi connectivity index (χ0v) is 27.9. The van der Waals surface area contributed by atoms with Gasteiger partial charge in [0.05, 0.1) is 0 Å². The molecular formula is C40H68O2. The van der Waals surface area contributed by atoms with E-state index in [-0.39, 0.29) is 11.5 Å². The summed E-state index contributed by atoms with van der Waals surface area (Å²) in [5, 5.41) is 18.8. The maximum Gasteiger partial charge on any atom is 0.157 e. The molecule has 0 spiro atoms. The van der Waals surface area contributed by atoms with E-state index >= 15 is 0 Å². The molecule has 0 heterocycles. The van der Waals surface area contributed by atoms with Gasteiger partial charge in [0.2, 0.25) is 0 Å². The Morgan fingerprint density at radius 2 is 0.714 bits per heavy atom. The molecule has 2 N–H and O–H groups in total.